The van der Waals surface area contributed by atoms with Gasteiger partial charge in [0.2, 0.25) is 17.5 Å². The van der Waals surface area contributed by atoms with Crippen molar-refractivity contribution in [3.8, 4) is 28.6 Å². The number of aromatic hydroxyl groups is 2. The molecule has 0 spiro atoms. The highest BCUT2D eigenvalue weighted by Crippen LogP contribution is 2.36. The average Bonchev–Trinajstić information content (AvgIpc) is 2.81. The maximum absolute atomic E-state index is 13.5. The number of aliphatic hydroxyl groups excluding tert-OH is 1. The summed E-state index contributed by atoms with van der Waals surface area (Å²) in [6, 6.07) is 10.00. The van der Waals surface area contributed by atoms with E-state index in [9.17, 15) is 29.7 Å². The lowest BCUT2D eigenvalue weighted by Crippen LogP contribution is -2.61. The molecule has 3 N–H and O–H groups in total. The van der Waals surface area contributed by atoms with Crippen LogP contribution >= 0.6 is 0 Å². The van der Waals surface area contributed by atoms with Crippen molar-refractivity contribution in [3.05, 3.63) is 52.7 Å². The molecule has 190 valence electrons. The van der Waals surface area contributed by atoms with Crippen molar-refractivity contribution < 1.29 is 48.3 Å². The van der Waals surface area contributed by atoms with Gasteiger partial charge < -0.3 is 38.7 Å². The number of hydrogen-bond acceptors (Lipinski definition) is 11. The van der Waals surface area contributed by atoms with Gasteiger partial charge in [0.25, 0.3) is 0 Å². The molecule has 36 heavy (non-hydrogen) atoms. The summed E-state index contributed by atoms with van der Waals surface area (Å²) in [5.41, 5.74) is -0.341. The lowest BCUT2D eigenvalue weighted by Gasteiger charge is -2.41. The number of carbonyl (C=O) groups excluding carboxylic acids is 2. The number of esters is 2. The molecule has 3 aromatic rings. The summed E-state index contributed by atoms with van der Waals surface area (Å²) in [7, 11) is 0. The normalized spacial score (nSPS) is 23.7. The van der Waals surface area contributed by atoms with E-state index in [2.05, 4.69) is 0 Å². The molecule has 2 aromatic carbocycles. The quantitative estimate of drug-likeness (QED) is 0.440. The Labute approximate surface area is 204 Å². The summed E-state index contributed by atoms with van der Waals surface area (Å²) >= 11 is 0. The first kappa shape index (κ1) is 25.0. The number of benzene rings is 2. The van der Waals surface area contributed by atoms with Crippen LogP contribution in [0.25, 0.3) is 22.3 Å². The molecule has 0 radical (unpaired) electrons. The second-order valence-corrected chi connectivity index (χ2v) is 8.25. The summed E-state index contributed by atoms with van der Waals surface area (Å²) in [6.07, 6.45) is -6.66. The Kier molecular flexibility index (Phi) is 6.86. The molecule has 1 aromatic heterocycles. The second-order valence-electron chi connectivity index (χ2n) is 8.25. The third-order valence-electron chi connectivity index (χ3n) is 5.57. The molecule has 11 nitrogen and oxygen atoms in total. The van der Waals surface area contributed by atoms with E-state index in [0.29, 0.717) is 5.56 Å². The van der Waals surface area contributed by atoms with Gasteiger partial charge in [-0.05, 0) is 43.3 Å². The summed E-state index contributed by atoms with van der Waals surface area (Å²) in [4.78, 5) is 36.7. The molecular weight excluding hydrogens is 476 g/mol. The predicted octanol–water partition coefficient (Wildman–Crippen LogP) is 2.22. The van der Waals surface area contributed by atoms with Crippen LogP contribution in [0.15, 0.2) is 51.7 Å². The van der Waals surface area contributed by atoms with E-state index in [1.54, 1.807) is 0 Å². The highest BCUT2D eigenvalue weighted by Gasteiger charge is 2.49. The lowest BCUT2D eigenvalue weighted by atomic mass is 9.99. The molecule has 1 fully saturated rings. The minimum Gasteiger partial charge on any atom is -0.508 e. The number of carbonyl (C=O) groups is 2. The summed E-state index contributed by atoms with van der Waals surface area (Å²) < 4.78 is 27.8. The zero-order valence-corrected chi connectivity index (χ0v) is 19.5. The summed E-state index contributed by atoms with van der Waals surface area (Å²) in [6.45, 7) is 3.79. The van der Waals surface area contributed by atoms with Crippen LogP contribution in [-0.4, -0.2) is 58.0 Å². The molecule has 1 saturated heterocycles. The summed E-state index contributed by atoms with van der Waals surface area (Å²) in [5, 5.41) is 30.8. The van der Waals surface area contributed by atoms with Crippen molar-refractivity contribution in [2.24, 2.45) is 0 Å². The number of aliphatic hydroxyl groups is 1. The van der Waals surface area contributed by atoms with Crippen LogP contribution in [0.4, 0.5) is 0 Å². The van der Waals surface area contributed by atoms with Crippen molar-refractivity contribution in [1.82, 2.24) is 0 Å². The van der Waals surface area contributed by atoms with Crippen LogP contribution in [0.1, 0.15) is 20.8 Å². The molecule has 11 heteroatoms. The zero-order chi connectivity index (χ0) is 26.1. The predicted molar refractivity (Wildman–Crippen MR) is 123 cm³/mol. The molecule has 1 aliphatic heterocycles. The van der Waals surface area contributed by atoms with Gasteiger partial charge >= 0.3 is 11.9 Å². The van der Waals surface area contributed by atoms with Gasteiger partial charge in [-0.15, -0.1) is 0 Å². The molecule has 0 amide bonds. The fourth-order valence-corrected chi connectivity index (χ4v) is 4.00. The SMILES string of the molecule is CC(=O)O[C@@H]1[C@@H](OC(C)=O)[C@@H](O)C(Oc2c(-c3ccc(O)cc3)oc3cccc(O)c3c2=O)O[C@H]1C. The van der Waals surface area contributed by atoms with E-state index in [1.807, 2.05) is 0 Å². The number of phenolic OH excluding ortho intramolecular Hbond substituents is 2. The van der Waals surface area contributed by atoms with Crippen LogP contribution < -0.4 is 10.2 Å². The fraction of sp³-hybridized carbons (Fsp3) is 0.320. The Hall–Kier alpha value is -4.09. The van der Waals surface area contributed by atoms with Crippen molar-refractivity contribution >= 4 is 22.9 Å². The van der Waals surface area contributed by atoms with Gasteiger partial charge in [0.1, 0.15) is 22.5 Å². The third-order valence-corrected chi connectivity index (χ3v) is 5.57. The smallest absolute Gasteiger partial charge is 0.303 e. The Morgan fingerprint density at radius 1 is 0.944 bits per heavy atom. The molecule has 0 aliphatic carbocycles. The summed E-state index contributed by atoms with van der Waals surface area (Å²) in [5.74, 6) is -2.27. The van der Waals surface area contributed by atoms with E-state index in [1.165, 1.54) is 49.4 Å². The van der Waals surface area contributed by atoms with Crippen LogP contribution in [0.5, 0.6) is 17.2 Å². The van der Waals surface area contributed by atoms with Crippen LogP contribution in [-0.2, 0) is 23.8 Å². The molecule has 0 saturated carbocycles. The maximum Gasteiger partial charge on any atom is 0.303 e. The number of ether oxygens (including phenoxy) is 4. The number of hydrogen-bond donors (Lipinski definition) is 3. The van der Waals surface area contributed by atoms with E-state index < -0.39 is 53.8 Å². The largest absolute Gasteiger partial charge is 0.508 e. The highest BCUT2D eigenvalue weighted by atomic mass is 16.7. The first-order chi connectivity index (χ1) is 17.1. The van der Waals surface area contributed by atoms with Gasteiger partial charge in [0, 0.05) is 19.4 Å². The molecular formula is C25H24O11. The van der Waals surface area contributed by atoms with Gasteiger partial charge in [-0.25, -0.2) is 0 Å². The Morgan fingerprint density at radius 2 is 1.58 bits per heavy atom. The van der Waals surface area contributed by atoms with Crippen molar-refractivity contribution in [3.63, 3.8) is 0 Å². The molecule has 1 unspecified atom stereocenters. The standard InChI is InChI=1S/C25H24O11/c1-11-21(33-12(2)26)24(34-13(3)27)20(31)25(32-11)36-23-19(30)18-16(29)5-4-6-17(18)35-22(23)14-7-9-15(28)10-8-14/h4-11,20-21,24-25,28-29,31H,1-3H3/t11-,20+,21-,24-,25?/m0/s1. The molecule has 5 atom stereocenters. The monoisotopic (exact) mass is 500 g/mol. The molecule has 0 bridgehead atoms. The van der Waals surface area contributed by atoms with E-state index in [-0.39, 0.29) is 28.2 Å². The van der Waals surface area contributed by atoms with E-state index in [0.717, 1.165) is 13.8 Å². The van der Waals surface area contributed by atoms with Crippen LogP contribution in [0, 0.1) is 0 Å². The Balaban J connectivity index is 1.81. The van der Waals surface area contributed by atoms with Crippen LogP contribution in [0.3, 0.4) is 0 Å². The first-order valence-corrected chi connectivity index (χ1v) is 11.0. The van der Waals surface area contributed by atoms with Gasteiger partial charge in [-0.2, -0.15) is 0 Å². The van der Waals surface area contributed by atoms with E-state index >= 15 is 0 Å². The second kappa shape index (κ2) is 9.88. The number of rotatable bonds is 5. The number of phenols is 2. The van der Waals surface area contributed by atoms with Gasteiger partial charge in [-0.1, -0.05) is 6.07 Å². The van der Waals surface area contributed by atoms with Crippen molar-refractivity contribution in [2.45, 2.75) is 51.5 Å². The van der Waals surface area contributed by atoms with Crippen molar-refractivity contribution in [1.29, 1.82) is 0 Å². The minimum absolute atomic E-state index is 0.0254. The average molecular weight is 500 g/mol. The molecule has 1 aliphatic rings. The van der Waals surface area contributed by atoms with Gasteiger partial charge in [-0.3, -0.25) is 14.4 Å². The topological polar surface area (TPSA) is 162 Å². The first-order valence-electron chi connectivity index (χ1n) is 11.0. The van der Waals surface area contributed by atoms with E-state index in [4.69, 9.17) is 23.4 Å². The fourth-order valence-electron chi connectivity index (χ4n) is 4.00. The molecule has 2 heterocycles. The number of fused-ring (bicyclic) bond motifs is 1. The molecule has 4 rings (SSSR count). The third kappa shape index (κ3) is 4.83. The van der Waals surface area contributed by atoms with Gasteiger partial charge in [0.05, 0.1) is 6.10 Å². The Bertz CT molecular complexity index is 1340. The minimum atomic E-state index is -1.68. The van der Waals surface area contributed by atoms with Gasteiger partial charge in [0.15, 0.2) is 24.1 Å². The lowest BCUT2D eigenvalue weighted by molar-refractivity contribution is -0.276. The Morgan fingerprint density at radius 3 is 2.22 bits per heavy atom. The maximum atomic E-state index is 13.5. The highest BCUT2D eigenvalue weighted by molar-refractivity contribution is 5.87. The zero-order valence-electron chi connectivity index (χ0n) is 19.5. The van der Waals surface area contributed by atoms with Crippen LogP contribution in [0.2, 0.25) is 0 Å². The van der Waals surface area contributed by atoms with Crippen molar-refractivity contribution in [2.75, 3.05) is 0 Å².